The van der Waals surface area contributed by atoms with Crippen LogP contribution in [-0.4, -0.2) is 45.7 Å². The standard InChI is InChI=1S/C18H22N6O/c1-11-15(18(25)20-10-12-5-4-8-19-9-12)16(24-23-11)17-21-13-6-2-3-7-14(13)22-17/h2-3,6-7,12,19H,4-5,8-10H2,1H3,(H,20,25)(H,21,22)(H,23,24). The molecule has 0 saturated carbocycles. The Morgan fingerprint density at radius 1 is 1.36 bits per heavy atom. The van der Waals surface area contributed by atoms with Crippen LogP contribution >= 0.6 is 0 Å². The molecule has 0 bridgehead atoms. The highest BCUT2D eigenvalue weighted by atomic mass is 16.1. The van der Waals surface area contributed by atoms with Gasteiger partial charge < -0.3 is 15.6 Å². The molecule has 2 aromatic heterocycles. The van der Waals surface area contributed by atoms with Gasteiger partial charge in [0.1, 0.15) is 5.69 Å². The molecule has 0 spiro atoms. The minimum atomic E-state index is -0.104. The van der Waals surface area contributed by atoms with Crippen LogP contribution in [0, 0.1) is 12.8 Å². The van der Waals surface area contributed by atoms with E-state index in [0.717, 1.165) is 42.7 Å². The largest absolute Gasteiger partial charge is 0.352 e. The van der Waals surface area contributed by atoms with Crippen LogP contribution in [0.4, 0.5) is 0 Å². The van der Waals surface area contributed by atoms with E-state index in [1.54, 1.807) is 0 Å². The predicted octanol–water partition coefficient (Wildman–Crippen LogP) is 1.99. The van der Waals surface area contributed by atoms with Crippen molar-refractivity contribution < 1.29 is 4.79 Å². The summed E-state index contributed by atoms with van der Waals surface area (Å²) >= 11 is 0. The van der Waals surface area contributed by atoms with Crippen molar-refractivity contribution in [3.8, 4) is 11.5 Å². The van der Waals surface area contributed by atoms with E-state index in [-0.39, 0.29) is 5.91 Å². The monoisotopic (exact) mass is 338 g/mol. The highest BCUT2D eigenvalue weighted by Crippen LogP contribution is 2.24. The van der Waals surface area contributed by atoms with Crippen LogP contribution < -0.4 is 10.6 Å². The molecule has 1 amide bonds. The number of para-hydroxylation sites is 2. The van der Waals surface area contributed by atoms with E-state index < -0.39 is 0 Å². The summed E-state index contributed by atoms with van der Waals surface area (Å²) in [6, 6.07) is 7.78. The number of amides is 1. The molecule has 3 aromatic rings. The fourth-order valence-electron chi connectivity index (χ4n) is 3.37. The number of aromatic nitrogens is 4. The molecular weight excluding hydrogens is 316 g/mol. The molecule has 1 fully saturated rings. The number of imidazole rings is 1. The van der Waals surface area contributed by atoms with Crippen molar-refractivity contribution in [3.05, 3.63) is 35.5 Å². The minimum Gasteiger partial charge on any atom is -0.352 e. The number of carbonyl (C=O) groups excluding carboxylic acids is 1. The summed E-state index contributed by atoms with van der Waals surface area (Å²) in [7, 11) is 0. The Kier molecular flexibility index (Phi) is 4.23. The van der Waals surface area contributed by atoms with Crippen molar-refractivity contribution >= 4 is 16.9 Å². The summed E-state index contributed by atoms with van der Waals surface area (Å²) < 4.78 is 0. The Hall–Kier alpha value is -2.67. The Bertz CT molecular complexity index is 857. The molecule has 0 aliphatic carbocycles. The second-order valence-corrected chi connectivity index (χ2v) is 6.60. The summed E-state index contributed by atoms with van der Waals surface area (Å²) in [5.74, 6) is 0.988. The van der Waals surface area contributed by atoms with E-state index in [4.69, 9.17) is 0 Å². The van der Waals surface area contributed by atoms with Gasteiger partial charge in [-0.3, -0.25) is 9.89 Å². The number of rotatable bonds is 4. The number of nitrogens with one attached hydrogen (secondary N) is 4. The molecule has 3 heterocycles. The van der Waals surface area contributed by atoms with E-state index in [0.29, 0.717) is 29.5 Å². The van der Waals surface area contributed by atoms with Crippen molar-refractivity contribution in [2.24, 2.45) is 5.92 Å². The zero-order chi connectivity index (χ0) is 17.2. The number of hydrogen-bond donors (Lipinski definition) is 4. The minimum absolute atomic E-state index is 0.104. The molecule has 1 aromatic carbocycles. The quantitative estimate of drug-likeness (QED) is 0.585. The Morgan fingerprint density at radius 3 is 3.04 bits per heavy atom. The number of H-pyrrole nitrogens is 2. The Balaban J connectivity index is 1.57. The number of aromatic amines is 2. The van der Waals surface area contributed by atoms with Gasteiger partial charge in [0.05, 0.1) is 16.6 Å². The third kappa shape index (κ3) is 3.15. The van der Waals surface area contributed by atoms with Crippen LogP contribution in [0.25, 0.3) is 22.6 Å². The number of piperidine rings is 1. The van der Waals surface area contributed by atoms with Gasteiger partial charge in [0.25, 0.3) is 5.91 Å². The Labute approximate surface area is 145 Å². The molecule has 1 unspecified atom stereocenters. The van der Waals surface area contributed by atoms with Crippen molar-refractivity contribution in [2.75, 3.05) is 19.6 Å². The Morgan fingerprint density at radius 2 is 2.24 bits per heavy atom. The van der Waals surface area contributed by atoms with Gasteiger partial charge in [-0.15, -0.1) is 0 Å². The molecule has 1 aliphatic heterocycles. The summed E-state index contributed by atoms with van der Waals surface area (Å²) in [4.78, 5) is 20.5. The summed E-state index contributed by atoms with van der Waals surface area (Å²) in [5.41, 5.74) is 3.65. The van der Waals surface area contributed by atoms with Gasteiger partial charge in [0.2, 0.25) is 0 Å². The molecule has 1 atom stereocenters. The highest BCUT2D eigenvalue weighted by Gasteiger charge is 2.23. The van der Waals surface area contributed by atoms with Gasteiger partial charge in [-0.05, 0) is 50.9 Å². The summed E-state index contributed by atoms with van der Waals surface area (Å²) in [5, 5.41) is 13.7. The number of fused-ring (bicyclic) bond motifs is 1. The predicted molar refractivity (Wildman–Crippen MR) is 96.3 cm³/mol. The number of nitrogens with zero attached hydrogens (tertiary/aromatic N) is 2. The molecule has 7 heteroatoms. The molecule has 4 N–H and O–H groups in total. The van der Waals surface area contributed by atoms with Crippen LogP contribution in [-0.2, 0) is 0 Å². The van der Waals surface area contributed by atoms with Crippen LogP contribution in [0.2, 0.25) is 0 Å². The zero-order valence-corrected chi connectivity index (χ0v) is 14.2. The third-order valence-corrected chi connectivity index (χ3v) is 4.74. The molecule has 0 radical (unpaired) electrons. The highest BCUT2D eigenvalue weighted by molar-refractivity contribution is 6.00. The zero-order valence-electron chi connectivity index (χ0n) is 14.2. The average molecular weight is 338 g/mol. The molecule has 1 aliphatic rings. The fourth-order valence-corrected chi connectivity index (χ4v) is 3.37. The van der Waals surface area contributed by atoms with Gasteiger partial charge in [0.15, 0.2) is 5.82 Å². The van der Waals surface area contributed by atoms with Crippen molar-refractivity contribution in [1.29, 1.82) is 0 Å². The fraction of sp³-hybridized carbons (Fsp3) is 0.389. The molecule has 1 saturated heterocycles. The summed E-state index contributed by atoms with van der Waals surface area (Å²) in [6.07, 6.45) is 2.31. The van der Waals surface area contributed by atoms with E-state index in [1.165, 1.54) is 0 Å². The lowest BCUT2D eigenvalue weighted by molar-refractivity contribution is 0.0945. The van der Waals surface area contributed by atoms with E-state index >= 15 is 0 Å². The van der Waals surface area contributed by atoms with Gasteiger partial charge in [-0.1, -0.05) is 12.1 Å². The molecule has 25 heavy (non-hydrogen) atoms. The topological polar surface area (TPSA) is 98.5 Å². The first-order valence-electron chi connectivity index (χ1n) is 8.71. The first-order valence-corrected chi connectivity index (χ1v) is 8.71. The lowest BCUT2D eigenvalue weighted by atomic mass is 9.99. The van der Waals surface area contributed by atoms with Crippen LogP contribution in [0.3, 0.4) is 0 Å². The first-order chi connectivity index (χ1) is 12.2. The molecule has 7 nitrogen and oxygen atoms in total. The van der Waals surface area contributed by atoms with Crippen molar-refractivity contribution in [2.45, 2.75) is 19.8 Å². The normalized spacial score (nSPS) is 17.7. The van der Waals surface area contributed by atoms with Crippen molar-refractivity contribution in [1.82, 2.24) is 30.8 Å². The van der Waals surface area contributed by atoms with E-state index in [9.17, 15) is 4.79 Å². The van der Waals surface area contributed by atoms with Gasteiger partial charge in [-0.2, -0.15) is 5.10 Å². The SMILES string of the molecule is Cc1[nH]nc(-c2nc3ccccc3[nH]2)c1C(=O)NCC1CCCNC1. The number of carbonyl (C=O) groups is 1. The lowest BCUT2D eigenvalue weighted by Crippen LogP contribution is -2.38. The van der Waals surface area contributed by atoms with Gasteiger partial charge >= 0.3 is 0 Å². The molecule has 130 valence electrons. The van der Waals surface area contributed by atoms with Gasteiger partial charge in [0, 0.05) is 12.2 Å². The third-order valence-electron chi connectivity index (χ3n) is 4.74. The van der Waals surface area contributed by atoms with E-state index in [2.05, 4.69) is 30.8 Å². The second kappa shape index (κ2) is 6.68. The van der Waals surface area contributed by atoms with Crippen LogP contribution in [0.5, 0.6) is 0 Å². The molecule has 4 rings (SSSR count). The lowest BCUT2D eigenvalue weighted by Gasteiger charge is -2.22. The average Bonchev–Trinajstić information content (AvgIpc) is 3.23. The maximum absolute atomic E-state index is 12.7. The second-order valence-electron chi connectivity index (χ2n) is 6.60. The van der Waals surface area contributed by atoms with Crippen LogP contribution in [0.1, 0.15) is 28.9 Å². The number of hydrogen-bond acceptors (Lipinski definition) is 4. The van der Waals surface area contributed by atoms with Crippen molar-refractivity contribution in [3.63, 3.8) is 0 Å². The smallest absolute Gasteiger partial charge is 0.255 e. The molecular formula is C18H22N6O. The van der Waals surface area contributed by atoms with Crippen LogP contribution in [0.15, 0.2) is 24.3 Å². The number of aryl methyl sites for hydroxylation is 1. The van der Waals surface area contributed by atoms with E-state index in [1.807, 2.05) is 31.2 Å². The number of benzene rings is 1. The first kappa shape index (κ1) is 15.8. The van der Waals surface area contributed by atoms with Gasteiger partial charge in [-0.25, -0.2) is 4.98 Å². The summed E-state index contributed by atoms with van der Waals surface area (Å²) in [6.45, 7) is 4.56. The maximum atomic E-state index is 12.7. The maximum Gasteiger partial charge on any atom is 0.255 e.